The first-order valence-electron chi connectivity index (χ1n) is 11.2. The van der Waals surface area contributed by atoms with Crippen LogP contribution in [-0.2, 0) is 17.8 Å². The molecule has 1 aliphatic rings. The number of likely N-dealkylation sites (tertiary alicyclic amines) is 1. The highest BCUT2D eigenvalue weighted by Crippen LogP contribution is 2.31. The van der Waals surface area contributed by atoms with Gasteiger partial charge in [0.2, 0.25) is 5.91 Å². The first kappa shape index (κ1) is 22.2. The third kappa shape index (κ3) is 5.22. The number of piperidine rings is 1. The summed E-state index contributed by atoms with van der Waals surface area (Å²) < 4.78 is 13.1. The molecule has 0 unspecified atom stereocenters. The van der Waals surface area contributed by atoms with Gasteiger partial charge in [-0.2, -0.15) is 0 Å². The summed E-state index contributed by atoms with van der Waals surface area (Å²) in [5.41, 5.74) is 5.09. The van der Waals surface area contributed by atoms with Crippen LogP contribution < -0.4 is 0 Å². The van der Waals surface area contributed by atoms with E-state index in [1.54, 1.807) is 18.3 Å². The minimum absolute atomic E-state index is 0.0554. The van der Waals surface area contributed by atoms with Gasteiger partial charge in [-0.1, -0.05) is 49.4 Å². The molecule has 1 aliphatic heterocycles. The molecular formula is C27H29FN2O2. The van der Waals surface area contributed by atoms with Crippen LogP contribution in [0.1, 0.15) is 42.5 Å². The summed E-state index contributed by atoms with van der Waals surface area (Å²) in [5, 5.41) is 9.19. The molecule has 2 aromatic carbocycles. The third-order valence-corrected chi connectivity index (χ3v) is 6.36. The van der Waals surface area contributed by atoms with Crippen LogP contribution in [0.25, 0.3) is 11.1 Å². The summed E-state index contributed by atoms with van der Waals surface area (Å²) in [6.45, 7) is 3.42. The average molecular weight is 433 g/mol. The minimum Gasteiger partial charge on any atom is -0.390 e. The number of amides is 1. The van der Waals surface area contributed by atoms with Crippen molar-refractivity contribution in [1.29, 1.82) is 0 Å². The second-order valence-corrected chi connectivity index (χ2v) is 8.65. The first-order valence-corrected chi connectivity index (χ1v) is 11.2. The van der Waals surface area contributed by atoms with Gasteiger partial charge in [0, 0.05) is 30.8 Å². The Morgan fingerprint density at radius 1 is 1.09 bits per heavy atom. The van der Waals surface area contributed by atoms with Gasteiger partial charge >= 0.3 is 0 Å². The zero-order valence-corrected chi connectivity index (χ0v) is 18.4. The molecule has 4 nitrogen and oxygen atoms in total. The Morgan fingerprint density at radius 3 is 2.50 bits per heavy atom. The lowest BCUT2D eigenvalue weighted by molar-refractivity contribution is -0.136. The van der Waals surface area contributed by atoms with E-state index in [1.165, 1.54) is 17.7 Å². The number of hydrogen-bond donors (Lipinski definition) is 1. The molecule has 0 radical (unpaired) electrons. The summed E-state index contributed by atoms with van der Waals surface area (Å²) in [5.74, 6) is 0.236. The predicted molar refractivity (Wildman–Crippen MR) is 123 cm³/mol. The van der Waals surface area contributed by atoms with Crippen LogP contribution in [-0.4, -0.2) is 34.0 Å². The monoisotopic (exact) mass is 432 g/mol. The highest BCUT2D eigenvalue weighted by Gasteiger charge is 2.27. The van der Waals surface area contributed by atoms with Gasteiger partial charge in [-0.15, -0.1) is 0 Å². The Bertz CT molecular complexity index is 1040. The Balaban J connectivity index is 1.35. The Labute approximate surface area is 188 Å². The molecule has 0 spiro atoms. The number of aromatic nitrogens is 1. The smallest absolute Gasteiger partial charge is 0.225 e. The second kappa shape index (κ2) is 10.0. The van der Waals surface area contributed by atoms with Crippen molar-refractivity contribution in [2.24, 2.45) is 5.92 Å². The van der Waals surface area contributed by atoms with E-state index in [2.05, 4.69) is 29.2 Å². The fourth-order valence-electron chi connectivity index (χ4n) is 4.47. The van der Waals surface area contributed by atoms with Crippen LogP contribution in [0.5, 0.6) is 0 Å². The van der Waals surface area contributed by atoms with Crippen molar-refractivity contribution in [2.45, 2.75) is 38.7 Å². The topological polar surface area (TPSA) is 53.4 Å². The zero-order chi connectivity index (χ0) is 22.5. The van der Waals surface area contributed by atoms with Gasteiger partial charge in [-0.05, 0) is 60.1 Å². The Hall–Kier alpha value is -3.05. The first-order chi connectivity index (χ1) is 15.5. The van der Waals surface area contributed by atoms with E-state index in [1.807, 2.05) is 24.0 Å². The molecule has 5 heteroatoms. The SMILES string of the molecule is C[C@H](Cc1ccc(F)cc1)C(=O)N1CCC(c2cccc(-c3ccc(CO)nc3)c2)CC1. The summed E-state index contributed by atoms with van der Waals surface area (Å²) in [6.07, 6.45) is 4.32. The van der Waals surface area contributed by atoms with Crippen molar-refractivity contribution in [2.75, 3.05) is 13.1 Å². The molecule has 0 aliphatic carbocycles. The molecule has 3 aromatic rings. The van der Waals surface area contributed by atoms with Crippen molar-refractivity contribution in [3.63, 3.8) is 0 Å². The highest BCUT2D eigenvalue weighted by molar-refractivity contribution is 5.79. The Morgan fingerprint density at radius 2 is 1.84 bits per heavy atom. The minimum atomic E-state index is -0.252. The van der Waals surface area contributed by atoms with Crippen LogP contribution in [0.15, 0.2) is 66.9 Å². The lowest BCUT2D eigenvalue weighted by Crippen LogP contribution is -2.41. The summed E-state index contributed by atoms with van der Waals surface area (Å²) in [6, 6.07) is 18.8. The lowest BCUT2D eigenvalue weighted by atomic mass is 9.87. The van der Waals surface area contributed by atoms with Crippen molar-refractivity contribution in [3.05, 3.63) is 89.5 Å². The van der Waals surface area contributed by atoms with E-state index in [4.69, 9.17) is 0 Å². The van der Waals surface area contributed by atoms with Crippen molar-refractivity contribution in [1.82, 2.24) is 9.88 Å². The van der Waals surface area contributed by atoms with Gasteiger partial charge in [0.25, 0.3) is 0 Å². The maximum Gasteiger partial charge on any atom is 0.225 e. The highest BCUT2D eigenvalue weighted by atomic mass is 19.1. The van der Waals surface area contributed by atoms with Gasteiger partial charge in [0.15, 0.2) is 0 Å². The summed E-state index contributed by atoms with van der Waals surface area (Å²) in [4.78, 5) is 19.2. The second-order valence-electron chi connectivity index (χ2n) is 8.65. The number of halogens is 1. The molecule has 166 valence electrons. The van der Waals surface area contributed by atoms with E-state index in [0.717, 1.165) is 42.6 Å². The number of hydrogen-bond acceptors (Lipinski definition) is 3. The molecule has 1 saturated heterocycles. The molecular weight excluding hydrogens is 403 g/mol. The van der Waals surface area contributed by atoms with Gasteiger partial charge in [-0.3, -0.25) is 9.78 Å². The standard InChI is InChI=1S/C27H29FN2O2/c1-19(15-20-5-8-25(28)9-6-20)27(32)30-13-11-21(12-14-30)22-3-2-4-23(16-22)24-7-10-26(18-31)29-17-24/h2-10,16-17,19,21,31H,11-15,18H2,1H3/t19-/m1/s1. The molecule has 0 saturated carbocycles. The van der Waals surface area contributed by atoms with E-state index in [-0.39, 0.29) is 24.2 Å². The largest absolute Gasteiger partial charge is 0.390 e. The van der Waals surface area contributed by atoms with Gasteiger partial charge in [-0.25, -0.2) is 4.39 Å². The molecule has 2 heterocycles. The number of pyridine rings is 1. The molecule has 32 heavy (non-hydrogen) atoms. The lowest BCUT2D eigenvalue weighted by Gasteiger charge is -2.34. The number of nitrogens with zero attached hydrogens (tertiary/aromatic N) is 2. The van der Waals surface area contributed by atoms with Crippen LogP contribution in [0.3, 0.4) is 0 Å². The summed E-state index contributed by atoms with van der Waals surface area (Å²) >= 11 is 0. The van der Waals surface area contributed by atoms with Crippen molar-refractivity contribution in [3.8, 4) is 11.1 Å². The molecule has 1 N–H and O–H groups in total. The zero-order valence-electron chi connectivity index (χ0n) is 18.4. The number of benzene rings is 2. The average Bonchev–Trinajstić information content (AvgIpc) is 2.85. The molecule has 1 atom stereocenters. The molecule has 4 rings (SSSR count). The predicted octanol–water partition coefficient (Wildman–Crippen LogP) is 4.96. The fourth-order valence-corrected chi connectivity index (χ4v) is 4.47. The maximum absolute atomic E-state index is 13.1. The van der Waals surface area contributed by atoms with E-state index >= 15 is 0 Å². The van der Waals surface area contributed by atoms with Crippen molar-refractivity contribution < 1.29 is 14.3 Å². The molecule has 1 fully saturated rings. The number of aliphatic hydroxyl groups is 1. The normalized spacial score (nSPS) is 15.5. The van der Waals surface area contributed by atoms with Crippen LogP contribution in [0.4, 0.5) is 4.39 Å². The molecule has 0 bridgehead atoms. The number of rotatable bonds is 6. The van der Waals surface area contributed by atoms with Gasteiger partial charge in [0.1, 0.15) is 5.82 Å². The Kier molecular flexibility index (Phi) is 6.96. The quantitative estimate of drug-likeness (QED) is 0.599. The van der Waals surface area contributed by atoms with E-state index in [0.29, 0.717) is 18.0 Å². The number of aliphatic hydroxyl groups excluding tert-OH is 1. The third-order valence-electron chi connectivity index (χ3n) is 6.36. The molecule has 1 amide bonds. The molecule has 1 aromatic heterocycles. The number of carbonyl (C=O) groups excluding carboxylic acids is 1. The number of carbonyl (C=O) groups is 1. The maximum atomic E-state index is 13.1. The fraction of sp³-hybridized carbons (Fsp3) is 0.333. The van der Waals surface area contributed by atoms with Crippen LogP contribution in [0, 0.1) is 11.7 Å². The van der Waals surface area contributed by atoms with Crippen molar-refractivity contribution >= 4 is 5.91 Å². The van der Waals surface area contributed by atoms with Crippen LogP contribution >= 0.6 is 0 Å². The van der Waals surface area contributed by atoms with Gasteiger partial charge in [0.05, 0.1) is 12.3 Å². The van der Waals surface area contributed by atoms with E-state index in [9.17, 15) is 14.3 Å². The van der Waals surface area contributed by atoms with Crippen LogP contribution in [0.2, 0.25) is 0 Å². The summed E-state index contributed by atoms with van der Waals surface area (Å²) in [7, 11) is 0. The van der Waals surface area contributed by atoms with Gasteiger partial charge < -0.3 is 10.0 Å². The van der Waals surface area contributed by atoms with E-state index < -0.39 is 0 Å².